The van der Waals surface area contributed by atoms with Gasteiger partial charge in [0.25, 0.3) is 0 Å². The number of anilines is 1. The van der Waals surface area contributed by atoms with Crippen molar-refractivity contribution in [3.05, 3.63) is 65.0 Å². The number of carbonyl (C=O) groups is 2. The smallest absolute Gasteiger partial charge is 0.355 e. The minimum absolute atomic E-state index is 0.134. The summed E-state index contributed by atoms with van der Waals surface area (Å²) in [4.78, 5) is 26.3. The van der Waals surface area contributed by atoms with Crippen molar-refractivity contribution < 1.29 is 19.1 Å². The van der Waals surface area contributed by atoms with E-state index in [0.717, 1.165) is 17.8 Å². The highest BCUT2D eigenvalue weighted by atomic mass is 16.5. The summed E-state index contributed by atoms with van der Waals surface area (Å²) < 4.78 is 9.74. The number of rotatable bonds is 3. The molecular weight excluding hydrogens is 308 g/mol. The normalized spacial score (nSPS) is 16.0. The van der Waals surface area contributed by atoms with Gasteiger partial charge in [0, 0.05) is 19.3 Å². The molecule has 3 rings (SSSR count). The van der Waals surface area contributed by atoms with Crippen LogP contribution in [0.3, 0.4) is 0 Å². The second-order valence-corrected chi connectivity index (χ2v) is 5.33. The molecule has 0 atom stereocenters. The van der Waals surface area contributed by atoms with Gasteiger partial charge in [0.2, 0.25) is 0 Å². The number of fused-ring (bicyclic) bond motifs is 1. The van der Waals surface area contributed by atoms with Crippen LogP contribution < -0.4 is 10.2 Å². The number of nitrogens with one attached hydrogen (secondary N) is 1. The highest BCUT2D eigenvalue weighted by molar-refractivity contribution is 6.05. The SMILES string of the molecule is COC(=O)C1=C(C(=O)OC)N(c2cccc3c2CNC3)C=CC=C1. The molecule has 1 N–H and O–H groups in total. The average Bonchev–Trinajstić information content (AvgIpc) is 2.99. The number of ether oxygens (including phenoxy) is 2. The first kappa shape index (κ1) is 16.0. The molecule has 2 aliphatic rings. The first-order valence-electron chi connectivity index (χ1n) is 7.54. The monoisotopic (exact) mass is 326 g/mol. The quantitative estimate of drug-likeness (QED) is 0.854. The van der Waals surface area contributed by atoms with Crippen molar-refractivity contribution in [2.24, 2.45) is 0 Å². The number of methoxy groups -OCH3 is 2. The van der Waals surface area contributed by atoms with E-state index in [1.807, 2.05) is 18.2 Å². The summed E-state index contributed by atoms with van der Waals surface area (Å²) in [5.41, 5.74) is 3.38. The van der Waals surface area contributed by atoms with Crippen LogP contribution in [-0.4, -0.2) is 26.2 Å². The third-order valence-electron chi connectivity index (χ3n) is 4.01. The number of hydrogen-bond donors (Lipinski definition) is 1. The Morgan fingerprint density at radius 1 is 1.08 bits per heavy atom. The fraction of sp³-hybridized carbons (Fsp3) is 0.222. The van der Waals surface area contributed by atoms with Gasteiger partial charge in [-0.1, -0.05) is 18.2 Å². The molecule has 2 heterocycles. The van der Waals surface area contributed by atoms with Crippen molar-refractivity contribution in [3.63, 3.8) is 0 Å². The van der Waals surface area contributed by atoms with E-state index in [2.05, 4.69) is 5.32 Å². The molecule has 0 amide bonds. The minimum atomic E-state index is -0.602. The van der Waals surface area contributed by atoms with Crippen LogP contribution in [-0.2, 0) is 32.2 Å². The number of benzene rings is 1. The fourth-order valence-corrected chi connectivity index (χ4v) is 2.89. The Labute approximate surface area is 140 Å². The van der Waals surface area contributed by atoms with Crippen molar-refractivity contribution >= 4 is 17.6 Å². The molecule has 6 heteroatoms. The summed E-state index contributed by atoms with van der Waals surface area (Å²) in [7, 11) is 2.57. The summed E-state index contributed by atoms with van der Waals surface area (Å²) in [6.45, 7) is 1.48. The minimum Gasteiger partial charge on any atom is -0.465 e. The van der Waals surface area contributed by atoms with Crippen LogP contribution in [0.15, 0.2) is 53.9 Å². The molecule has 0 unspecified atom stereocenters. The lowest BCUT2D eigenvalue weighted by molar-refractivity contribution is -0.139. The van der Waals surface area contributed by atoms with Crippen LogP contribution in [0.2, 0.25) is 0 Å². The van der Waals surface area contributed by atoms with E-state index in [0.29, 0.717) is 6.54 Å². The lowest BCUT2D eigenvalue weighted by atomic mass is 10.1. The second-order valence-electron chi connectivity index (χ2n) is 5.33. The lowest BCUT2D eigenvalue weighted by Gasteiger charge is -2.25. The summed E-state index contributed by atoms with van der Waals surface area (Å²) >= 11 is 0. The molecule has 24 heavy (non-hydrogen) atoms. The van der Waals surface area contributed by atoms with Crippen LogP contribution in [0.1, 0.15) is 11.1 Å². The maximum Gasteiger partial charge on any atom is 0.355 e. The first-order chi connectivity index (χ1) is 11.7. The van der Waals surface area contributed by atoms with E-state index in [-0.39, 0.29) is 11.3 Å². The van der Waals surface area contributed by atoms with Gasteiger partial charge in [0.05, 0.1) is 25.5 Å². The van der Waals surface area contributed by atoms with Crippen molar-refractivity contribution in [1.82, 2.24) is 5.32 Å². The summed E-state index contributed by atoms with van der Waals surface area (Å²) in [6, 6.07) is 5.89. The number of allylic oxidation sites excluding steroid dienone is 2. The Balaban J connectivity index is 2.20. The largest absolute Gasteiger partial charge is 0.465 e. The molecule has 1 aromatic rings. The van der Waals surface area contributed by atoms with Gasteiger partial charge in [-0.15, -0.1) is 0 Å². The molecule has 0 saturated carbocycles. The van der Waals surface area contributed by atoms with E-state index < -0.39 is 11.9 Å². The van der Waals surface area contributed by atoms with E-state index >= 15 is 0 Å². The van der Waals surface area contributed by atoms with E-state index in [9.17, 15) is 9.59 Å². The van der Waals surface area contributed by atoms with Crippen LogP contribution in [0.4, 0.5) is 5.69 Å². The van der Waals surface area contributed by atoms with Crippen molar-refractivity contribution in [2.45, 2.75) is 13.1 Å². The third kappa shape index (κ3) is 2.72. The Kier molecular flexibility index (Phi) is 4.48. The van der Waals surface area contributed by atoms with E-state index in [4.69, 9.17) is 9.47 Å². The lowest BCUT2D eigenvalue weighted by Crippen LogP contribution is -2.27. The van der Waals surface area contributed by atoms with Gasteiger partial charge in [-0.05, 0) is 29.3 Å². The van der Waals surface area contributed by atoms with Crippen LogP contribution >= 0.6 is 0 Å². The fourth-order valence-electron chi connectivity index (χ4n) is 2.89. The molecule has 0 saturated heterocycles. The van der Waals surface area contributed by atoms with Crippen LogP contribution in [0.5, 0.6) is 0 Å². The molecule has 0 radical (unpaired) electrons. The zero-order valence-electron chi connectivity index (χ0n) is 13.5. The molecule has 0 spiro atoms. The van der Waals surface area contributed by atoms with E-state index in [1.165, 1.54) is 19.8 Å². The number of esters is 2. The Hall–Kier alpha value is -2.86. The zero-order chi connectivity index (χ0) is 17.1. The molecule has 0 aromatic heterocycles. The van der Waals surface area contributed by atoms with E-state index in [1.54, 1.807) is 29.3 Å². The second kappa shape index (κ2) is 6.72. The van der Waals surface area contributed by atoms with Crippen molar-refractivity contribution in [3.8, 4) is 0 Å². The maximum absolute atomic E-state index is 12.4. The van der Waals surface area contributed by atoms with Gasteiger partial charge in [-0.2, -0.15) is 0 Å². The molecule has 0 bridgehead atoms. The topological polar surface area (TPSA) is 67.9 Å². The summed E-state index contributed by atoms with van der Waals surface area (Å²) in [6.07, 6.45) is 6.75. The highest BCUT2D eigenvalue weighted by Crippen LogP contribution is 2.32. The number of hydrogen-bond acceptors (Lipinski definition) is 6. The van der Waals surface area contributed by atoms with Gasteiger partial charge in [-0.25, -0.2) is 9.59 Å². The molecular formula is C18H18N2O4. The van der Waals surface area contributed by atoms with Gasteiger partial charge >= 0.3 is 11.9 Å². The van der Waals surface area contributed by atoms with Gasteiger partial charge in [0.1, 0.15) is 5.70 Å². The van der Waals surface area contributed by atoms with Crippen molar-refractivity contribution in [1.29, 1.82) is 0 Å². The number of carbonyl (C=O) groups excluding carboxylic acids is 2. The third-order valence-corrected chi connectivity index (χ3v) is 4.01. The standard InChI is InChI=1S/C18H18N2O4/c1-23-17(21)13-7-3-4-9-20(16(13)18(22)24-2)15-8-5-6-12-10-19-11-14(12)15/h3-9,19H,10-11H2,1-2H3. The zero-order valence-corrected chi connectivity index (χ0v) is 13.5. The predicted molar refractivity (Wildman–Crippen MR) is 88.8 cm³/mol. The first-order valence-corrected chi connectivity index (χ1v) is 7.54. The van der Waals surface area contributed by atoms with Crippen molar-refractivity contribution in [2.75, 3.05) is 19.1 Å². The Morgan fingerprint density at radius 2 is 1.88 bits per heavy atom. The molecule has 2 aliphatic heterocycles. The predicted octanol–water partition coefficient (Wildman–Crippen LogP) is 1.78. The Bertz CT molecular complexity index is 777. The summed E-state index contributed by atoms with van der Waals surface area (Å²) in [5, 5.41) is 3.30. The molecule has 6 nitrogen and oxygen atoms in total. The Morgan fingerprint density at radius 3 is 2.62 bits per heavy atom. The molecule has 0 aliphatic carbocycles. The average molecular weight is 326 g/mol. The number of nitrogens with zero attached hydrogens (tertiary/aromatic N) is 1. The summed E-state index contributed by atoms with van der Waals surface area (Å²) in [5.74, 6) is -1.19. The van der Waals surface area contributed by atoms with Crippen LogP contribution in [0.25, 0.3) is 0 Å². The maximum atomic E-state index is 12.4. The molecule has 124 valence electrons. The van der Waals surface area contributed by atoms with Gasteiger partial charge in [0.15, 0.2) is 0 Å². The molecule has 0 fully saturated rings. The highest BCUT2D eigenvalue weighted by Gasteiger charge is 2.29. The van der Waals surface area contributed by atoms with Gasteiger partial charge in [-0.3, -0.25) is 0 Å². The van der Waals surface area contributed by atoms with Crippen LogP contribution in [0, 0.1) is 0 Å². The van der Waals surface area contributed by atoms with Gasteiger partial charge < -0.3 is 19.7 Å². The molecule has 1 aromatic carbocycles.